The van der Waals surface area contributed by atoms with E-state index in [9.17, 15) is 9.59 Å². The van der Waals surface area contributed by atoms with Gasteiger partial charge in [-0.2, -0.15) is 0 Å². The van der Waals surface area contributed by atoms with Crippen LogP contribution in [0, 0.1) is 6.92 Å². The van der Waals surface area contributed by atoms with Gasteiger partial charge in [-0.3, -0.25) is 4.79 Å². The molecule has 6 rings (SSSR count). The van der Waals surface area contributed by atoms with E-state index < -0.39 is 20.5 Å². The number of aryl methyl sites for hydroxylation is 1. The van der Waals surface area contributed by atoms with Crippen molar-refractivity contribution in [2.24, 2.45) is 4.99 Å². The summed E-state index contributed by atoms with van der Waals surface area (Å²) in [5, 5.41) is 1.05. The zero-order valence-corrected chi connectivity index (χ0v) is 29.5. The summed E-state index contributed by atoms with van der Waals surface area (Å²) in [5.41, 5.74) is 5.85. The average Bonchev–Trinajstić information content (AvgIpc) is 3.59. The van der Waals surface area contributed by atoms with E-state index in [0.29, 0.717) is 13.2 Å². The Morgan fingerprint density at radius 3 is 2.50 bits per heavy atom. The number of likely N-dealkylation sites (tertiary alicyclic amines) is 1. The van der Waals surface area contributed by atoms with Crippen LogP contribution in [0.4, 0.5) is 10.5 Å². The minimum Gasteiger partial charge on any atom is -0.445 e. The van der Waals surface area contributed by atoms with Crippen molar-refractivity contribution >= 4 is 42.7 Å². The average molecular weight is 641 g/mol. The molecule has 0 radical (unpaired) electrons. The summed E-state index contributed by atoms with van der Waals surface area (Å²) in [5.74, 6) is 1.10. The second kappa shape index (κ2) is 11.8. The maximum atomic E-state index is 14.0. The first-order valence-electron chi connectivity index (χ1n) is 16.5. The van der Waals surface area contributed by atoms with E-state index in [2.05, 4.69) is 81.7 Å². The maximum Gasteiger partial charge on any atom is 0.419 e. The van der Waals surface area contributed by atoms with Crippen molar-refractivity contribution in [2.45, 2.75) is 83.5 Å². The number of carbonyl (C=O) groups is 2. The fourth-order valence-electron chi connectivity index (χ4n) is 7.25. The molecule has 46 heavy (non-hydrogen) atoms. The van der Waals surface area contributed by atoms with Gasteiger partial charge in [0.05, 0.1) is 29.5 Å². The standard InChI is InChI=1S/C37H48N4O4Si/c1-9-20-44-35(43)41-30-21-25(2)14-15-28(30)33-34(41)31(23-45-46(7,8)36(4,5)6)40(26(3)42)24-37(33)16-18-39(19-17-37)32-22-27-12-10-11-13-29(27)38-32/h9-15,21,31H,1,16-20,22-24H2,2-8H3/t31-/m0/s1. The number of para-hydroxylation sites is 1. The molecule has 0 saturated carbocycles. The van der Waals surface area contributed by atoms with Gasteiger partial charge in [0.15, 0.2) is 8.32 Å². The first-order valence-corrected chi connectivity index (χ1v) is 19.4. The Balaban J connectivity index is 1.47. The minimum absolute atomic E-state index is 0.00503. The van der Waals surface area contributed by atoms with Gasteiger partial charge in [-0.25, -0.2) is 14.4 Å². The molecule has 1 amide bonds. The van der Waals surface area contributed by atoms with Crippen LogP contribution in [0.2, 0.25) is 18.1 Å². The second-order valence-electron chi connectivity index (χ2n) is 14.8. The molecule has 0 unspecified atom stereocenters. The van der Waals surface area contributed by atoms with E-state index >= 15 is 0 Å². The minimum atomic E-state index is -2.18. The highest BCUT2D eigenvalue weighted by Crippen LogP contribution is 2.51. The van der Waals surface area contributed by atoms with Gasteiger partial charge >= 0.3 is 6.09 Å². The predicted octanol–water partition coefficient (Wildman–Crippen LogP) is 7.67. The highest BCUT2D eigenvalue weighted by Gasteiger charge is 2.51. The third-order valence-electron chi connectivity index (χ3n) is 10.9. The largest absolute Gasteiger partial charge is 0.445 e. The van der Waals surface area contributed by atoms with Gasteiger partial charge in [-0.15, -0.1) is 0 Å². The molecule has 0 bridgehead atoms. The van der Waals surface area contributed by atoms with Crippen LogP contribution < -0.4 is 0 Å². The lowest BCUT2D eigenvalue weighted by molar-refractivity contribution is -0.134. The summed E-state index contributed by atoms with van der Waals surface area (Å²) >= 11 is 0. The fraction of sp³-hybridized carbons (Fsp3) is 0.486. The summed E-state index contributed by atoms with van der Waals surface area (Å²) in [6.07, 6.45) is 3.65. The van der Waals surface area contributed by atoms with Crippen molar-refractivity contribution in [1.29, 1.82) is 0 Å². The van der Waals surface area contributed by atoms with Crippen molar-refractivity contribution < 1.29 is 18.8 Å². The lowest BCUT2D eigenvalue weighted by Crippen LogP contribution is -2.56. The number of rotatable bonds is 5. The van der Waals surface area contributed by atoms with Crippen LogP contribution in [0.15, 0.2) is 60.1 Å². The number of carbonyl (C=O) groups excluding carboxylic acids is 2. The Morgan fingerprint density at radius 2 is 1.85 bits per heavy atom. The number of aromatic nitrogens is 1. The molecular formula is C37H48N4O4Si. The normalized spacial score (nSPS) is 19.2. The molecule has 2 aromatic carbocycles. The Hall–Kier alpha value is -3.69. The van der Waals surface area contributed by atoms with Crippen LogP contribution in [0.3, 0.4) is 0 Å². The van der Waals surface area contributed by atoms with Gasteiger partial charge in [0, 0.05) is 43.8 Å². The molecule has 1 atom stereocenters. The molecule has 1 saturated heterocycles. The summed E-state index contributed by atoms with van der Waals surface area (Å²) in [7, 11) is -2.18. The topological polar surface area (TPSA) is 76.4 Å². The predicted molar refractivity (Wildman–Crippen MR) is 187 cm³/mol. The van der Waals surface area contributed by atoms with Gasteiger partial charge in [0.2, 0.25) is 5.91 Å². The number of hydrogen-bond acceptors (Lipinski definition) is 6. The molecule has 3 aliphatic rings. The number of amides is 1. The number of piperidine rings is 1. The van der Waals surface area contributed by atoms with Crippen LogP contribution in [-0.4, -0.2) is 73.4 Å². The number of ether oxygens (including phenoxy) is 1. The smallest absolute Gasteiger partial charge is 0.419 e. The van der Waals surface area contributed by atoms with Crippen LogP contribution in [0.1, 0.15) is 69.0 Å². The van der Waals surface area contributed by atoms with E-state index in [0.717, 1.165) is 71.6 Å². The summed E-state index contributed by atoms with van der Waals surface area (Å²) in [6.45, 7) is 21.2. The third kappa shape index (κ3) is 5.51. The van der Waals surface area contributed by atoms with E-state index in [-0.39, 0.29) is 23.0 Å². The van der Waals surface area contributed by atoms with Crippen LogP contribution >= 0.6 is 0 Å². The molecule has 0 N–H and O–H groups in total. The lowest BCUT2D eigenvalue weighted by atomic mass is 9.68. The van der Waals surface area contributed by atoms with Crippen LogP contribution in [0.5, 0.6) is 0 Å². The summed E-state index contributed by atoms with van der Waals surface area (Å²) < 4.78 is 14.3. The molecule has 3 aromatic rings. The number of amidine groups is 1. The quantitative estimate of drug-likeness (QED) is 0.211. The number of nitrogens with zero attached hydrogens (tertiary/aromatic N) is 4. The number of hydrogen-bond donors (Lipinski definition) is 0. The van der Waals surface area contributed by atoms with Gasteiger partial charge in [-0.1, -0.05) is 63.8 Å². The maximum absolute atomic E-state index is 14.0. The molecule has 4 heterocycles. The molecule has 3 aliphatic heterocycles. The summed E-state index contributed by atoms with van der Waals surface area (Å²) in [6, 6.07) is 14.3. The lowest BCUT2D eigenvalue weighted by Gasteiger charge is -2.51. The second-order valence-corrected chi connectivity index (χ2v) is 19.6. The van der Waals surface area contributed by atoms with Crippen LogP contribution in [0.25, 0.3) is 10.9 Å². The first-order chi connectivity index (χ1) is 21.8. The Labute approximate surface area is 274 Å². The van der Waals surface area contributed by atoms with Gasteiger partial charge in [0.25, 0.3) is 0 Å². The van der Waals surface area contributed by atoms with E-state index in [4.69, 9.17) is 14.2 Å². The van der Waals surface area contributed by atoms with Crippen molar-refractivity contribution in [2.75, 3.05) is 32.8 Å². The van der Waals surface area contributed by atoms with E-state index in [1.54, 1.807) is 17.6 Å². The third-order valence-corrected chi connectivity index (χ3v) is 15.4. The highest BCUT2D eigenvalue weighted by molar-refractivity contribution is 6.74. The zero-order chi connectivity index (χ0) is 33.0. The molecule has 0 aliphatic carbocycles. The Kier molecular flexibility index (Phi) is 8.30. The van der Waals surface area contributed by atoms with E-state index in [1.165, 1.54) is 5.56 Å². The number of benzene rings is 2. The number of aliphatic imine (C=N–C) groups is 1. The van der Waals surface area contributed by atoms with Crippen molar-refractivity contribution in [3.63, 3.8) is 0 Å². The molecule has 244 valence electrons. The molecule has 9 heteroatoms. The molecule has 1 aromatic heterocycles. The SMILES string of the molecule is C=CCOC(=O)n1c2c(c3ccc(C)cc31)C1(CCN(C3=Nc4ccccc4C3)CC1)CN(C(C)=O)[C@H]2CO[Si](C)(C)C(C)(C)C. The number of fused-ring (bicyclic) bond motifs is 5. The Morgan fingerprint density at radius 1 is 1.13 bits per heavy atom. The molecule has 1 spiro atoms. The monoisotopic (exact) mass is 640 g/mol. The van der Waals surface area contributed by atoms with Gasteiger partial charge < -0.3 is 19.0 Å². The molecular weight excluding hydrogens is 593 g/mol. The highest BCUT2D eigenvalue weighted by atomic mass is 28.4. The van der Waals surface area contributed by atoms with Crippen molar-refractivity contribution in [3.8, 4) is 0 Å². The van der Waals surface area contributed by atoms with Gasteiger partial charge in [-0.05, 0) is 66.7 Å². The zero-order valence-electron chi connectivity index (χ0n) is 28.5. The molecule has 1 fully saturated rings. The Bertz CT molecular complexity index is 1720. The van der Waals surface area contributed by atoms with E-state index in [1.807, 2.05) is 17.9 Å². The van der Waals surface area contributed by atoms with Crippen LogP contribution in [-0.2, 0) is 25.8 Å². The molecule has 8 nitrogen and oxygen atoms in total. The van der Waals surface area contributed by atoms with Crippen molar-refractivity contribution in [1.82, 2.24) is 14.4 Å². The van der Waals surface area contributed by atoms with Gasteiger partial charge in [0.1, 0.15) is 12.4 Å². The summed E-state index contributed by atoms with van der Waals surface area (Å²) in [4.78, 5) is 37.0. The fourth-order valence-corrected chi connectivity index (χ4v) is 8.26. The van der Waals surface area contributed by atoms with Crippen molar-refractivity contribution in [3.05, 3.63) is 77.5 Å². The first kappa shape index (κ1) is 32.3.